The van der Waals surface area contributed by atoms with Gasteiger partial charge in [-0.15, -0.1) is 0 Å². The van der Waals surface area contributed by atoms with E-state index in [-0.39, 0.29) is 6.01 Å². The van der Waals surface area contributed by atoms with Gasteiger partial charge in [-0.1, -0.05) is 26.0 Å². The van der Waals surface area contributed by atoms with E-state index in [9.17, 15) is 0 Å². The number of hydrogen-bond acceptors (Lipinski definition) is 4. The number of benzene rings is 1. The first-order chi connectivity index (χ1) is 8.56. The van der Waals surface area contributed by atoms with Crippen molar-refractivity contribution >= 4 is 5.82 Å². The number of nitrogens with two attached hydrogens (primary N) is 1. The molecule has 1 aromatic carbocycles. The molecule has 2 rings (SSSR count). The molecule has 0 radical (unpaired) electrons. The highest BCUT2D eigenvalue weighted by molar-refractivity contribution is 5.41. The molecule has 4 heteroatoms. The molecule has 4 nitrogen and oxygen atoms in total. The van der Waals surface area contributed by atoms with Crippen LogP contribution in [0.1, 0.15) is 30.9 Å². The summed E-state index contributed by atoms with van der Waals surface area (Å²) in [5.74, 6) is 1.57. The summed E-state index contributed by atoms with van der Waals surface area (Å²) in [5.41, 5.74) is 7.88. The second-order valence-corrected chi connectivity index (χ2v) is 4.56. The van der Waals surface area contributed by atoms with Gasteiger partial charge in [-0.25, -0.2) is 4.98 Å². The number of anilines is 1. The number of nitrogen functional groups attached to an aromatic ring is 1. The lowest BCUT2D eigenvalue weighted by Gasteiger charge is -2.13. The normalized spacial score (nSPS) is 10.7. The largest absolute Gasteiger partial charge is 0.424 e. The summed E-state index contributed by atoms with van der Waals surface area (Å²) in [6.07, 6.45) is 1.59. The van der Waals surface area contributed by atoms with Crippen LogP contribution in [0.25, 0.3) is 0 Å². The minimum atomic E-state index is 0.280. The lowest BCUT2D eigenvalue weighted by Crippen LogP contribution is -1.99. The first-order valence-corrected chi connectivity index (χ1v) is 5.93. The maximum Gasteiger partial charge on any atom is 0.323 e. The monoisotopic (exact) mass is 243 g/mol. The highest BCUT2D eigenvalue weighted by Gasteiger charge is 2.10. The van der Waals surface area contributed by atoms with Crippen LogP contribution in [0.15, 0.2) is 30.5 Å². The topological polar surface area (TPSA) is 61.0 Å². The third-order valence-corrected chi connectivity index (χ3v) is 2.65. The molecule has 0 amide bonds. The maximum absolute atomic E-state index is 5.73. The van der Waals surface area contributed by atoms with E-state index in [2.05, 4.69) is 35.9 Å². The first-order valence-electron chi connectivity index (χ1n) is 5.93. The average Bonchev–Trinajstić information content (AvgIpc) is 2.28. The van der Waals surface area contributed by atoms with Gasteiger partial charge in [-0.05, 0) is 36.1 Å². The Bertz CT molecular complexity index is 552. The smallest absolute Gasteiger partial charge is 0.323 e. The van der Waals surface area contributed by atoms with Crippen molar-refractivity contribution < 1.29 is 4.74 Å². The van der Waals surface area contributed by atoms with Crippen LogP contribution in [-0.4, -0.2) is 9.97 Å². The predicted molar refractivity (Wildman–Crippen MR) is 71.8 cm³/mol. The van der Waals surface area contributed by atoms with E-state index in [1.165, 1.54) is 0 Å². The van der Waals surface area contributed by atoms with Gasteiger partial charge in [0.05, 0.1) is 0 Å². The molecule has 1 heterocycles. The van der Waals surface area contributed by atoms with Crippen LogP contribution in [0, 0.1) is 6.92 Å². The van der Waals surface area contributed by atoms with Crippen LogP contribution in [0.2, 0.25) is 0 Å². The molecular formula is C14H17N3O. The van der Waals surface area contributed by atoms with E-state index < -0.39 is 0 Å². The minimum absolute atomic E-state index is 0.280. The Labute approximate surface area is 107 Å². The van der Waals surface area contributed by atoms with Crippen molar-refractivity contribution in [2.45, 2.75) is 26.7 Å². The number of hydrogen-bond donors (Lipinski definition) is 1. The molecule has 0 spiro atoms. The Morgan fingerprint density at radius 1 is 1.22 bits per heavy atom. The number of ether oxygens (including phenoxy) is 1. The zero-order valence-corrected chi connectivity index (χ0v) is 10.8. The predicted octanol–water partition coefficient (Wildman–Crippen LogP) is 3.28. The molecule has 0 atom stereocenters. The Kier molecular flexibility index (Phi) is 3.46. The second kappa shape index (κ2) is 5.04. The fourth-order valence-corrected chi connectivity index (χ4v) is 1.71. The molecule has 0 unspecified atom stereocenters. The van der Waals surface area contributed by atoms with Crippen molar-refractivity contribution in [3.63, 3.8) is 0 Å². The van der Waals surface area contributed by atoms with Gasteiger partial charge in [0, 0.05) is 6.20 Å². The minimum Gasteiger partial charge on any atom is -0.424 e. The van der Waals surface area contributed by atoms with Gasteiger partial charge in [0.25, 0.3) is 0 Å². The molecule has 0 fully saturated rings. The number of nitrogens with zero attached hydrogens (tertiary/aromatic N) is 2. The molecule has 2 N–H and O–H groups in total. The van der Waals surface area contributed by atoms with Crippen LogP contribution in [0.4, 0.5) is 5.82 Å². The van der Waals surface area contributed by atoms with Crippen molar-refractivity contribution in [3.8, 4) is 11.8 Å². The molecule has 0 aliphatic rings. The second-order valence-electron chi connectivity index (χ2n) is 4.56. The van der Waals surface area contributed by atoms with Gasteiger partial charge in [0.1, 0.15) is 11.6 Å². The zero-order valence-electron chi connectivity index (χ0n) is 10.8. The van der Waals surface area contributed by atoms with E-state index in [1.54, 1.807) is 12.3 Å². The number of aryl methyl sites for hydroxylation is 1. The maximum atomic E-state index is 5.73. The summed E-state index contributed by atoms with van der Waals surface area (Å²) in [5, 5.41) is 0. The fourth-order valence-electron chi connectivity index (χ4n) is 1.71. The van der Waals surface area contributed by atoms with Crippen molar-refractivity contribution in [2.24, 2.45) is 0 Å². The summed E-state index contributed by atoms with van der Waals surface area (Å²) in [6.45, 7) is 6.27. The third kappa shape index (κ3) is 2.77. The average molecular weight is 243 g/mol. The molecule has 0 saturated carbocycles. The highest BCUT2D eigenvalue weighted by Crippen LogP contribution is 2.30. The van der Waals surface area contributed by atoms with E-state index in [0.29, 0.717) is 11.7 Å². The molecule has 18 heavy (non-hydrogen) atoms. The number of aromatic nitrogens is 2. The van der Waals surface area contributed by atoms with E-state index in [4.69, 9.17) is 10.5 Å². The lowest BCUT2D eigenvalue weighted by molar-refractivity contribution is 0.435. The van der Waals surface area contributed by atoms with Gasteiger partial charge < -0.3 is 10.5 Å². The molecule has 0 bridgehead atoms. The lowest BCUT2D eigenvalue weighted by atomic mass is 10.0. The molecule has 0 saturated heterocycles. The Hall–Kier alpha value is -2.10. The molecule has 2 aromatic rings. The van der Waals surface area contributed by atoms with Crippen LogP contribution in [0.5, 0.6) is 11.8 Å². The van der Waals surface area contributed by atoms with Gasteiger partial charge >= 0.3 is 6.01 Å². The number of rotatable bonds is 3. The Morgan fingerprint density at radius 2 is 2.00 bits per heavy atom. The first kappa shape index (κ1) is 12.4. The molecular weight excluding hydrogens is 226 g/mol. The van der Waals surface area contributed by atoms with E-state index in [1.807, 2.05) is 13.0 Å². The summed E-state index contributed by atoms with van der Waals surface area (Å²) in [4.78, 5) is 8.09. The van der Waals surface area contributed by atoms with Crippen molar-refractivity contribution in [2.75, 3.05) is 5.73 Å². The van der Waals surface area contributed by atoms with Crippen LogP contribution < -0.4 is 10.5 Å². The van der Waals surface area contributed by atoms with Gasteiger partial charge in [-0.3, -0.25) is 0 Å². The Morgan fingerprint density at radius 3 is 2.67 bits per heavy atom. The molecule has 1 aromatic heterocycles. The van der Waals surface area contributed by atoms with Crippen LogP contribution >= 0.6 is 0 Å². The summed E-state index contributed by atoms with van der Waals surface area (Å²) in [7, 11) is 0. The summed E-state index contributed by atoms with van der Waals surface area (Å²) in [6, 6.07) is 8.04. The van der Waals surface area contributed by atoms with E-state index in [0.717, 1.165) is 16.9 Å². The van der Waals surface area contributed by atoms with Crippen LogP contribution in [-0.2, 0) is 0 Å². The van der Waals surface area contributed by atoms with Gasteiger partial charge in [-0.2, -0.15) is 4.98 Å². The Balaban J connectivity index is 2.36. The van der Waals surface area contributed by atoms with Gasteiger partial charge in [0.15, 0.2) is 0 Å². The van der Waals surface area contributed by atoms with Crippen LogP contribution in [0.3, 0.4) is 0 Å². The quantitative estimate of drug-likeness (QED) is 0.898. The highest BCUT2D eigenvalue weighted by atomic mass is 16.5. The molecule has 94 valence electrons. The molecule has 0 aliphatic heterocycles. The SMILES string of the molecule is Cc1ccc(C(C)C)c(Oc2nccc(N)n2)c1. The summed E-state index contributed by atoms with van der Waals surface area (Å²) >= 11 is 0. The van der Waals surface area contributed by atoms with Crippen molar-refractivity contribution in [1.82, 2.24) is 9.97 Å². The molecule has 0 aliphatic carbocycles. The van der Waals surface area contributed by atoms with Gasteiger partial charge in [0.2, 0.25) is 0 Å². The fraction of sp³-hybridized carbons (Fsp3) is 0.286. The van der Waals surface area contributed by atoms with Crippen molar-refractivity contribution in [3.05, 3.63) is 41.6 Å². The summed E-state index contributed by atoms with van der Waals surface area (Å²) < 4.78 is 5.73. The van der Waals surface area contributed by atoms with E-state index >= 15 is 0 Å². The zero-order chi connectivity index (χ0) is 13.1. The third-order valence-electron chi connectivity index (χ3n) is 2.65. The standard InChI is InChI=1S/C14H17N3O/c1-9(2)11-5-4-10(3)8-12(11)18-14-16-7-6-13(15)17-14/h4-9H,1-3H3,(H2,15,16,17). The van der Waals surface area contributed by atoms with Crippen molar-refractivity contribution in [1.29, 1.82) is 0 Å².